The maximum absolute atomic E-state index is 13.4. The molecule has 3 aliphatic heterocycles. The van der Waals surface area contributed by atoms with Crippen LogP contribution in [0.2, 0.25) is 0 Å². The molecule has 1 fully saturated rings. The number of nitrogens with one attached hydrogen (secondary N) is 2. The Labute approximate surface area is 169 Å². The van der Waals surface area contributed by atoms with E-state index in [4.69, 9.17) is 4.98 Å². The molecule has 7 nitrogen and oxygen atoms in total. The first-order valence-corrected chi connectivity index (χ1v) is 10.4. The summed E-state index contributed by atoms with van der Waals surface area (Å²) in [7, 11) is 0. The van der Waals surface area contributed by atoms with Gasteiger partial charge in [0, 0.05) is 68.1 Å². The van der Waals surface area contributed by atoms with Crippen molar-refractivity contribution in [3.05, 3.63) is 53.1 Å². The lowest BCUT2D eigenvalue weighted by atomic mass is 9.88. The van der Waals surface area contributed by atoms with Gasteiger partial charge in [0.05, 0.1) is 5.92 Å². The lowest BCUT2D eigenvalue weighted by Gasteiger charge is -2.36. The van der Waals surface area contributed by atoms with Gasteiger partial charge in [0.15, 0.2) is 0 Å². The molecule has 29 heavy (non-hydrogen) atoms. The minimum atomic E-state index is -0.408. The highest BCUT2D eigenvalue weighted by molar-refractivity contribution is 6.01. The van der Waals surface area contributed by atoms with Crippen LogP contribution >= 0.6 is 0 Å². The number of benzene rings is 1. The summed E-state index contributed by atoms with van der Waals surface area (Å²) in [5.41, 5.74) is 3.97. The number of hydrogen-bond acceptors (Lipinski definition) is 5. The minimum absolute atomic E-state index is 0.0409. The summed E-state index contributed by atoms with van der Waals surface area (Å²) in [6.07, 6.45) is 4.99. The van der Waals surface area contributed by atoms with Crippen molar-refractivity contribution in [2.75, 3.05) is 25.0 Å². The highest BCUT2D eigenvalue weighted by Gasteiger charge is 2.36. The van der Waals surface area contributed by atoms with Crippen LogP contribution in [-0.2, 0) is 22.6 Å². The van der Waals surface area contributed by atoms with Crippen LogP contribution in [-0.4, -0.2) is 46.3 Å². The molecule has 2 amide bonds. The second-order valence-corrected chi connectivity index (χ2v) is 8.14. The number of hydrogen-bond donors (Lipinski definition) is 2. The van der Waals surface area contributed by atoms with Crippen molar-refractivity contribution in [1.29, 1.82) is 0 Å². The summed E-state index contributed by atoms with van der Waals surface area (Å²) in [6.45, 7) is 3.12. The molecule has 2 N–H and O–H groups in total. The lowest BCUT2D eigenvalue weighted by molar-refractivity contribution is -0.136. The Morgan fingerprint density at radius 2 is 2.14 bits per heavy atom. The SMILES string of the molecule is O=C1C[C@H](C(=O)N2CCC[C@H](c3ncc4c(n3)CCNC4)C2)c2ccccc2N1. The van der Waals surface area contributed by atoms with Crippen LogP contribution in [0.5, 0.6) is 0 Å². The highest BCUT2D eigenvalue weighted by Crippen LogP contribution is 2.35. The Kier molecular flexibility index (Phi) is 4.75. The Bertz CT molecular complexity index is 960. The zero-order valence-corrected chi connectivity index (χ0v) is 16.4. The zero-order chi connectivity index (χ0) is 19.8. The maximum atomic E-state index is 13.4. The van der Waals surface area contributed by atoms with Crippen molar-refractivity contribution >= 4 is 17.5 Å². The van der Waals surface area contributed by atoms with Crippen molar-refractivity contribution in [2.45, 2.75) is 44.1 Å². The fraction of sp³-hybridized carbons (Fsp3) is 0.455. The molecule has 0 unspecified atom stereocenters. The highest BCUT2D eigenvalue weighted by atomic mass is 16.2. The molecule has 1 aromatic heterocycles. The molecule has 3 aliphatic rings. The largest absolute Gasteiger partial charge is 0.341 e. The normalized spacial score (nSPS) is 23.7. The van der Waals surface area contributed by atoms with Crippen molar-refractivity contribution in [3.63, 3.8) is 0 Å². The number of fused-ring (bicyclic) bond motifs is 2. The third kappa shape index (κ3) is 3.51. The van der Waals surface area contributed by atoms with E-state index in [0.29, 0.717) is 6.54 Å². The topological polar surface area (TPSA) is 87.2 Å². The molecule has 0 spiro atoms. The second-order valence-electron chi connectivity index (χ2n) is 8.14. The van der Waals surface area contributed by atoms with Crippen molar-refractivity contribution in [2.24, 2.45) is 0 Å². The van der Waals surface area contributed by atoms with E-state index in [2.05, 4.69) is 15.6 Å². The van der Waals surface area contributed by atoms with Gasteiger partial charge in [-0.3, -0.25) is 9.59 Å². The Morgan fingerprint density at radius 3 is 3.07 bits per heavy atom. The molecular weight excluding hydrogens is 366 g/mol. The van der Waals surface area contributed by atoms with E-state index in [1.165, 1.54) is 5.56 Å². The summed E-state index contributed by atoms with van der Waals surface area (Å²) in [5, 5.41) is 6.22. The Morgan fingerprint density at radius 1 is 1.24 bits per heavy atom. The first-order chi connectivity index (χ1) is 14.2. The number of anilines is 1. The lowest BCUT2D eigenvalue weighted by Crippen LogP contribution is -2.43. The predicted octanol–water partition coefficient (Wildman–Crippen LogP) is 1.95. The molecule has 0 bridgehead atoms. The van der Waals surface area contributed by atoms with Crippen molar-refractivity contribution < 1.29 is 9.59 Å². The molecule has 2 aromatic rings. The summed E-state index contributed by atoms with van der Waals surface area (Å²) in [6, 6.07) is 7.61. The molecule has 1 saturated heterocycles. The average molecular weight is 391 g/mol. The van der Waals surface area contributed by atoms with Crippen LogP contribution in [0.3, 0.4) is 0 Å². The number of likely N-dealkylation sites (tertiary alicyclic amines) is 1. The van der Waals surface area contributed by atoms with Gasteiger partial charge < -0.3 is 15.5 Å². The van der Waals surface area contributed by atoms with E-state index >= 15 is 0 Å². The maximum Gasteiger partial charge on any atom is 0.230 e. The van der Waals surface area contributed by atoms with E-state index in [1.807, 2.05) is 35.4 Å². The Balaban J connectivity index is 1.36. The van der Waals surface area contributed by atoms with E-state index < -0.39 is 5.92 Å². The van der Waals surface area contributed by atoms with Gasteiger partial charge in [0.25, 0.3) is 0 Å². The quantitative estimate of drug-likeness (QED) is 0.817. The van der Waals surface area contributed by atoms with E-state index in [0.717, 1.165) is 61.7 Å². The molecule has 0 saturated carbocycles. The van der Waals surface area contributed by atoms with Gasteiger partial charge >= 0.3 is 0 Å². The number of aromatic nitrogens is 2. The monoisotopic (exact) mass is 391 g/mol. The van der Waals surface area contributed by atoms with Crippen LogP contribution in [0.4, 0.5) is 5.69 Å². The fourth-order valence-electron chi connectivity index (χ4n) is 4.69. The second kappa shape index (κ2) is 7.55. The first kappa shape index (κ1) is 18.2. The van der Waals surface area contributed by atoms with E-state index in [-0.39, 0.29) is 24.2 Å². The molecule has 4 heterocycles. The van der Waals surface area contributed by atoms with Gasteiger partial charge in [0.2, 0.25) is 11.8 Å². The standard InChI is InChI=1S/C22H25N5O2/c28-20-10-17(16-5-1-2-6-19(16)25-20)22(29)27-9-3-4-14(13-27)21-24-12-15-11-23-8-7-18(15)26-21/h1-2,5-6,12,14,17,23H,3-4,7-11,13H2,(H,25,28)/t14-,17-/m0/s1. The van der Waals surface area contributed by atoms with Crippen LogP contribution < -0.4 is 10.6 Å². The summed E-state index contributed by atoms with van der Waals surface area (Å²) in [4.78, 5) is 36.9. The third-order valence-electron chi connectivity index (χ3n) is 6.22. The number of amides is 2. The van der Waals surface area contributed by atoms with E-state index in [9.17, 15) is 9.59 Å². The van der Waals surface area contributed by atoms with Gasteiger partial charge in [-0.25, -0.2) is 9.97 Å². The number of nitrogens with zero attached hydrogens (tertiary/aromatic N) is 3. The van der Waals surface area contributed by atoms with E-state index in [1.54, 1.807) is 0 Å². The molecular formula is C22H25N5O2. The molecule has 2 atom stereocenters. The molecule has 0 radical (unpaired) electrons. The van der Waals surface area contributed by atoms with Gasteiger partial charge in [-0.1, -0.05) is 18.2 Å². The average Bonchev–Trinajstić information content (AvgIpc) is 2.77. The molecule has 7 heteroatoms. The number of para-hydroxylation sites is 1. The summed E-state index contributed by atoms with van der Waals surface area (Å²) in [5.74, 6) is 0.543. The van der Waals surface area contributed by atoms with Crippen molar-refractivity contribution in [3.8, 4) is 0 Å². The van der Waals surface area contributed by atoms with Crippen LogP contribution in [0.25, 0.3) is 0 Å². The number of rotatable bonds is 2. The van der Waals surface area contributed by atoms with Crippen LogP contribution in [0.1, 0.15) is 53.7 Å². The summed E-state index contributed by atoms with van der Waals surface area (Å²) < 4.78 is 0. The van der Waals surface area contributed by atoms with Gasteiger partial charge in [-0.15, -0.1) is 0 Å². The number of carbonyl (C=O) groups is 2. The third-order valence-corrected chi connectivity index (χ3v) is 6.22. The van der Waals surface area contributed by atoms with Gasteiger partial charge in [-0.05, 0) is 24.5 Å². The van der Waals surface area contributed by atoms with Crippen LogP contribution in [0.15, 0.2) is 30.5 Å². The first-order valence-electron chi connectivity index (χ1n) is 10.4. The van der Waals surface area contributed by atoms with Crippen molar-refractivity contribution in [1.82, 2.24) is 20.2 Å². The Hall–Kier alpha value is -2.80. The molecule has 1 aromatic carbocycles. The predicted molar refractivity (Wildman–Crippen MR) is 108 cm³/mol. The summed E-state index contributed by atoms with van der Waals surface area (Å²) >= 11 is 0. The number of carbonyl (C=O) groups excluding carboxylic acids is 2. The zero-order valence-electron chi connectivity index (χ0n) is 16.4. The smallest absolute Gasteiger partial charge is 0.230 e. The van der Waals surface area contributed by atoms with Crippen LogP contribution in [0, 0.1) is 0 Å². The molecule has 150 valence electrons. The molecule has 0 aliphatic carbocycles. The molecule has 5 rings (SSSR count). The van der Waals surface area contributed by atoms with Gasteiger partial charge in [0.1, 0.15) is 5.82 Å². The van der Waals surface area contributed by atoms with Gasteiger partial charge in [-0.2, -0.15) is 0 Å². The number of piperidine rings is 1. The fourth-order valence-corrected chi connectivity index (χ4v) is 4.69. The minimum Gasteiger partial charge on any atom is -0.341 e.